The zero-order chi connectivity index (χ0) is 13.1. The van der Waals surface area contributed by atoms with E-state index in [-0.39, 0.29) is 0 Å². The number of rotatable bonds is 4. The Bertz CT molecular complexity index is 654. The third-order valence-corrected chi connectivity index (χ3v) is 3.02. The number of nitrogens with one attached hydrogen (secondary N) is 1. The zero-order valence-corrected chi connectivity index (χ0v) is 10.9. The van der Waals surface area contributed by atoms with Gasteiger partial charge in [-0.25, -0.2) is 4.52 Å². The molecule has 4 nitrogen and oxygen atoms in total. The minimum atomic E-state index is 0.679. The highest BCUT2D eigenvalue weighted by Crippen LogP contribution is 2.07. The molecule has 0 atom stereocenters. The van der Waals surface area contributed by atoms with Crippen LogP contribution in [0.5, 0.6) is 0 Å². The van der Waals surface area contributed by atoms with Crippen molar-refractivity contribution in [3.05, 3.63) is 59.8 Å². The van der Waals surface area contributed by atoms with Gasteiger partial charge >= 0.3 is 0 Å². The van der Waals surface area contributed by atoms with Gasteiger partial charge in [-0.15, -0.1) is 5.10 Å². The molecule has 2 heterocycles. The molecule has 1 N–H and O–H groups in total. The fraction of sp³-hybridized carbons (Fsp3) is 0.200. The lowest BCUT2D eigenvalue weighted by atomic mass is 10.1. The van der Waals surface area contributed by atoms with Crippen LogP contribution in [0.2, 0.25) is 0 Å². The molecule has 0 aliphatic rings. The zero-order valence-electron chi connectivity index (χ0n) is 10.9. The summed E-state index contributed by atoms with van der Waals surface area (Å²) in [5.74, 6) is 0.679. The van der Waals surface area contributed by atoms with Crippen molar-refractivity contribution in [3.63, 3.8) is 0 Å². The molecule has 4 heteroatoms. The van der Waals surface area contributed by atoms with Crippen LogP contribution in [0.3, 0.4) is 0 Å². The second-order valence-electron chi connectivity index (χ2n) is 4.60. The van der Waals surface area contributed by atoms with Crippen LogP contribution in [0.4, 0.5) is 5.95 Å². The SMILES string of the molecule is Cc1cccc(CCNc2nc3ccccn3n2)c1. The van der Waals surface area contributed by atoms with E-state index in [1.807, 2.05) is 24.4 Å². The van der Waals surface area contributed by atoms with Crippen LogP contribution < -0.4 is 5.32 Å². The first kappa shape index (κ1) is 11.7. The lowest BCUT2D eigenvalue weighted by Crippen LogP contribution is -2.06. The molecule has 0 spiro atoms. The summed E-state index contributed by atoms with van der Waals surface area (Å²) in [6.45, 7) is 2.95. The maximum atomic E-state index is 4.40. The van der Waals surface area contributed by atoms with Gasteiger partial charge in [0.15, 0.2) is 5.65 Å². The first-order valence-electron chi connectivity index (χ1n) is 6.42. The van der Waals surface area contributed by atoms with Gasteiger partial charge in [-0.05, 0) is 31.0 Å². The summed E-state index contributed by atoms with van der Waals surface area (Å²) in [6.07, 6.45) is 2.87. The number of aromatic nitrogens is 3. The number of aryl methyl sites for hydroxylation is 1. The van der Waals surface area contributed by atoms with Crippen molar-refractivity contribution in [2.45, 2.75) is 13.3 Å². The molecule has 96 valence electrons. The molecule has 0 bridgehead atoms. The Morgan fingerprint density at radius 1 is 1.16 bits per heavy atom. The Kier molecular flexibility index (Phi) is 3.14. The number of pyridine rings is 1. The van der Waals surface area contributed by atoms with E-state index in [4.69, 9.17) is 0 Å². The summed E-state index contributed by atoms with van der Waals surface area (Å²) in [4.78, 5) is 4.40. The highest BCUT2D eigenvalue weighted by Gasteiger charge is 2.01. The maximum absolute atomic E-state index is 4.40. The monoisotopic (exact) mass is 252 g/mol. The maximum Gasteiger partial charge on any atom is 0.243 e. The average molecular weight is 252 g/mol. The summed E-state index contributed by atoms with van der Waals surface area (Å²) >= 11 is 0. The van der Waals surface area contributed by atoms with Gasteiger partial charge in [-0.1, -0.05) is 35.9 Å². The molecule has 2 aromatic heterocycles. The van der Waals surface area contributed by atoms with Crippen LogP contribution in [0.15, 0.2) is 48.7 Å². The van der Waals surface area contributed by atoms with Gasteiger partial charge in [0, 0.05) is 12.7 Å². The van der Waals surface area contributed by atoms with Gasteiger partial charge in [-0.2, -0.15) is 4.98 Å². The second-order valence-corrected chi connectivity index (χ2v) is 4.60. The molecule has 3 rings (SSSR count). The second kappa shape index (κ2) is 5.10. The van der Waals surface area contributed by atoms with E-state index in [9.17, 15) is 0 Å². The van der Waals surface area contributed by atoms with Crippen LogP contribution in [0.25, 0.3) is 5.65 Å². The van der Waals surface area contributed by atoms with Gasteiger partial charge in [0.1, 0.15) is 0 Å². The van der Waals surface area contributed by atoms with E-state index in [1.54, 1.807) is 4.52 Å². The third-order valence-electron chi connectivity index (χ3n) is 3.02. The minimum absolute atomic E-state index is 0.679. The van der Waals surface area contributed by atoms with Crippen LogP contribution in [-0.4, -0.2) is 21.1 Å². The number of nitrogens with zero attached hydrogens (tertiary/aromatic N) is 3. The molecule has 3 aromatic rings. The number of hydrogen-bond acceptors (Lipinski definition) is 3. The van der Waals surface area contributed by atoms with Gasteiger partial charge in [0.05, 0.1) is 0 Å². The van der Waals surface area contributed by atoms with Crippen molar-refractivity contribution >= 4 is 11.6 Å². The van der Waals surface area contributed by atoms with Gasteiger partial charge in [0.2, 0.25) is 5.95 Å². The fourth-order valence-electron chi connectivity index (χ4n) is 2.09. The Balaban J connectivity index is 1.63. The Labute approximate surface area is 112 Å². The first-order chi connectivity index (χ1) is 9.31. The average Bonchev–Trinajstić information content (AvgIpc) is 2.81. The lowest BCUT2D eigenvalue weighted by molar-refractivity contribution is 0.937. The number of anilines is 1. The van der Waals surface area contributed by atoms with Gasteiger partial charge in [-0.3, -0.25) is 0 Å². The largest absolute Gasteiger partial charge is 0.353 e. The van der Waals surface area contributed by atoms with E-state index in [1.165, 1.54) is 11.1 Å². The van der Waals surface area contributed by atoms with E-state index < -0.39 is 0 Å². The van der Waals surface area contributed by atoms with Crippen molar-refractivity contribution in [3.8, 4) is 0 Å². The summed E-state index contributed by atoms with van der Waals surface area (Å²) in [7, 11) is 0. The topological polar surface area (TPSA) is 42.2 Å². The van der Waals surface area contributed by atoms with Crippen molar-refractivity contribution in [2.24, 2.45) is 0 Å². The van der Waals surface area contributed by atoms with E-state index in [0.29, 0.717) is 5.95 Å². The standard InChI is InChI=1S/C15H16N4/c1-12-5-4-6-13(11-12)8-9-16-15-17-14-7-2-3-10-19(14)18-15/h2-7,10-11H,8-9H2,1H3,(H,16,18). The highest BCUT2D eigenvalue weighted by molar-refractivity contribution is 5.42. The van der Waals surface area contributed by atoms with Crippen molar-refractivity contribution in [2.75, 3.05) is 11.9 Å². The first-order valence-corrected chi connectivity index (χ1v) is 6.42. The van der Waals surface area contributed by atoms with E-state index in [0.717, 1.165) is 18.6 Å². The Hall–Kier alpha value is -2.36. The quantitative estimate of drug-likeness (QED) is 0.776. The summed E-state index contributed by atoms with van der Waals surface area (Å²) in [6, 6.07) is 14.4. The Morgan fingerprint density at radius 2 is 2.11 bits per heavy atom. The van der Waals surface area contributed by atoms with Crippen LogP contribution in [0, 0.1) is 6.92 Å². The predicted octanol–water partition coefficient (Wildman–Crippen LogP) is 2.69. The number of fused-ring (bicyclic) bond motifs is 1. The predicted molar refractivity (Wildman–Crippen MR) is 76.4 cm³/mol. The molecule has 0 aliphatic carbocycles. The molecule has 0 saturated heterocycles. The molecule has 19 heavy (non-hydrogen) atoms. The molecular formula is C15H16N4. The molecule has 0 aliphatic heterocycles. The molecule has 0 radical (unpaired) electrons. The summed E-state index contributed by atoms with van der Waals surface area (Å²) in [5, 5.41) is 7.61. The normalized spacial score (nSPS) is 10.8. The van der Waals surface area contributed by atoms with Crippen molar-refractivity contribution in [1.82, 2.24) is 14.6 Å². The van der Waals surface area contributed by atoms with Crippen LogP contribution in [-0.2, 0) is 6.42 Å². The molecular weight excluding hydrogens is 236 g/mol. The van der Waals surface area contributed by atoms with E-state index >= 15 is 0 Å². The van der Waals surface area contributed by atoms with Crippen molar-refractivity contribution in [1.29, 1.82) is 0 Å². The van der Waals surface area contributed by atoms with Gasteiger partial charge < -0.3 is 5.32 Å². The molecule has 0 saturated carbocycles. The van der Waals surface area contributed by atoms with Gasteiger partial charge in [0.25, 0.3) is 0 Å². The van der Waals surface area contributed by atoms with Crippen LogP contribution >= 0.6 is 0 Å². The molecule has 1 aromatic carbocycles. The van der Waals surface area contributed by atoms with Crippen molar-refractivity contribution < 1.29 is 0 Å². The smallest absolute Gasteiger partial charge is 0.243 e. The fourth-order valence-corrected chi connectivity index (χ4v) is 2.09. The number of benzene rings is 1. The summed E-state index contributed by atoms with van der Waals surface area (Å²) in [5.41, 5.74) is 3.49. The highest BCUT2D eigenvalue weighted by atomic mass is 15.3. The molecule has 0 fully saturated rings. The molecule has 0 unspecified atom stereocenters. The molecule has 0 amide bonds. The lowest BCUT2D eigenvalue weighted by Gasteiger charge is -2.03. The van der Waals surface area contributed by atoms with Crippen LogP contribution in [0.1, 0.15) is 11.1 Å². The summed E-state index contributed by atoms with van der Waals surface area (Å²) < 4.78 is 1.77. The van der Waals surface area contributed by atoms with E-state index in [2.05, 4.69) is 46.6 Å². The third kappa shape index (κ3) is 2.73. The number of hydrogen-bond donors (Lipinski definition) is 1. The Morgan fingerprint density at radius 3 is 2.95 bits per heavy atom. The minimum Gasteiger partial charge on any atom is -0.353 e.